The molecule has 0 saturated heterocycles. The third-order valence-electron chi connectivity index (χ3n) is 5.68. The van der Waals surface area contributed by atoms with Gasteiger partial charge >= 0.3 is 0 Å². The summed E-state index contributed by atoms with van der Waals surface area (Å²) in [6, 6.07) is 14.8. The molecule has 0 aliphatic carbocycles. The fourth-order valence-corrected chi connectivity index (χ4v) is 4.67. The highest BCUT2D eigenvalue weighted by Crippen LogP contribution is 2.37. The molecular formula is C35H42FN3OS. The van der Waals surface area contributed by atoms with Crippen molar-refractivity contribution in [2.45, 2.75) is 59.3 Å². The van der Waals surface area contributed by atoms with Crippen LogP contribution in [0.3, 0.4) is 0 Å². The van der Waals surface area contributed by atoms with Crippen LogP contribution in [0.4, 0.5) is 4.39 Å². The molecule has 0 aromatic heterocycles. The molecule has 1 aliphatic rings. The van der Waals surface area contributed by atoms with Crippen LogP contribution in [-0.4, -0.2) is 24.4 Å². The Morgan fingerprint density at radius 2 is 1.88 bits per heavy atom. The number of hydrogen-bond donors (Lipinski definition) is 1. The monoisotopic (exact) mass is 571 g/mol. The summed E-state index contributed by atoms with van der Waals surface area (Å²) in [5, 5.41) is 2.76. The number of hydrogen-bond acceptors (Lipinski definition) is 4. The Morgan fingerprint density at radius 3 is 2.49 bits per heavy atom. The minimum Gasteiger partial charge on any atom is -0.352 e. The summed E-state index contributed by atoms with van der Waals surface area (Å²) in [6.07, 6.45) is 15.6. The number of fused-ring (bicyclic) bond motifs is 1. The molecule has 1 aliphatic heterocycles. The Morgan fingerprint density at radius 1 is 1.20 bits per heavy atom. The van der Waals surface area contributed by atoms with Gasteiger partial charge in [-0.15, -0.1) is 6.42 Å². The molecule has 6 heteroatoms. The first-order valence-corrected chi connectivity index (χ1v) is 14.7. The van der Waals surface area contributed by atoms with Crippen LogP contribution in [0.15, 0.2) is 111 Å². The van der Waals surface area contributed by atoms with E-state index in [2.05, 4.69) is 48.8 Å². The molecule has 1 atom stereocenters. The van der Waals surface area contributed by atoms with Crippen molar-refractivity contribution >= 4 is 29.6 Å². The molecule has 3 rings (SSSR count). The predicted octanol–water partition coefficient (Wildman–Crippen LogP) is 8.92. The lowest BCUT2D eigenvalue weighted by Crippen LogP contribution is -2.26. The van der Waals surface area contributed by atoms with Crippen LogP contribution < -0.4 is 5.32 Å². The summed E-state index contributed by atoms with van der Waals surface area (Å²) < 4.78 is 13.2. The number of terminal acetylenes is 1. The summed E-state index contributed by atoms with van der Waals surface area (Å²) in [7, 11) is 0. The Hall–Kier alpha value is -3.95. The molecule has 41 heavy (non-hydrogen) atoms. The van der Waals surface area contributed by atoms with Gasteiger partial charge in [0.05, 0.1) is 11.4 Å². The number of allylic oxidation sites excluding steroid dienone is 4. The van der Waals surface area contributed by atoms with Crippen LogP contribution in [0.5, 0.6) is 0 Å². The second-order valence-electron chi connectivity index (χ2n) is 8.51. The number of amides is 1. The third kappa shape index (κ3) is 12.0. The largest absolute Gasteiger partial charge is 0.352 e. The Balaban J connectivity index is 0.000000393. The van der Waals surface area contributed by atoms with Crippen LogP contribution in [0.25, 0.3) is 0 Å². The van der Waals surface area contributed by atoms with Crippen LogP contribution in [0.1, 0.15) is 65.5 Å². The zero-order chi connectivity index (χ0) is 30.6. The number of carbonyl (C=O) groups is 1. The Kier molecular flexibility index (Phi) is 17.1. The maximum atomic E-state index is 13.2. The van der Waals surface area contributed by atoms with Crippen molar-refractivity contribution in [3.63, 3.8) is 0 Å². The summed E-state index contributed by atoms with van der Waals surface area (Å²) in [4.78, 5) is 22.7. The maximum Gasteiger partial charge on any atom is 0.250 e. The van der Waals surface area contributed by atoms with E-state index in [4.69, 9.17) is 11.4 Å². The van der Waals surface area contributed by atoms with E-state index in [0.717, 1.165) is 29.0 Å². The van der Waals surface area contributed by atoms with Gasteiger partial charge in [-0.2, -0.15) is 0 Å². The van der Waals surface area contributed by atoms with Gasteiger partial charge in [-0.25, -0.2) is 4.39 Å². The quantitative estimate of drug-likeness (QED) is 0.141. The van der Waals surface area contributed by atoms with Gasteiger partial charge in [0, 0.05) is 51.4 Å². The zero-order valence-electron chi connectivity index (χ0n) is 25.1. The molecule has 216 valence electrons. The minimum atomic E-state index is -0.224. The molecule has 2 aromatic rings. The zero-order valence-corrected chi connectivity index (χ0v) is 25.9. The van der Waals surface area contributed by atoms with Crippen molar-refractivity contribution in [2.75, 3.05) is 6.54 Å². The molecular weight excluding hydrogens is 529 g/mol. The molecule has 0 spiro atoms. The van der Waals surface area contributed by atoms with E-state index >= 15 is 0 Å². The number of nitrogens with one attached hydrogen (secondary N) is 1. The highest BCUT2D eigenvalue weighted by atomic mass is 32.2. The molecule has 4 nitrogen and oxygen atoms in total. The van der Waals surface area contributed by atoms with Gasteiger partial charge < -0.3 is 5.32 Å². The number of thioether (sulfide) groups is 1. The fourth-order valence-electron chi connectivity index (χ4n) is 3.61. The van der Waals surface area contributed by atoms with E-state index in [9.17, 15) is 9.18 Å². The van der Waals surface area contributed by atoms with Gasteiger partial charge in [0.15, 0.2) is 0 Å². The van der Waals surface area contributed by atoms with Crippen LogP contribution >= 0.6 is 11.8 Å². The average molecular weight is 572 g/mol. The Labute approximate surface area is 250 Å². The number of benzene rings is 2. The Bertz CT molecular complexity index is 1330. The van der Waals surface area contributed by atoms with Crippen molar-refractivity contribution < 1.29 is 9.18 Å². The molecule has 2 aromatic carbocycles. The molecule has 1 amide bonds. The number of carbonyl (C=O) groups excluding carboxylic acids is 1. The molecule has 0 saturated carbocycles. The third-order valence-corrected chi connectivity index (χ3v) is 6.80. The second-order valence-corrected chi connectivity index (χ2v) is 9.77. The van der Waals surface area contributed by atoms with Crippen molar-refractivity contribution in [2.24, 2.45) is 15.9 Å². The van der Waals surface area contributed by atoms with Gasteiger partial charge in [0.2, 0.25) is 0 Å². The standard InChI is InChI=1S/C18H16FNS.C15H20N2O.C2H6/c1-3-16-12(2)21-17-7-5-4-6-15(17)18(20-16)13-8-10-14(19)11-9-13;1-5-8-13(4)15(18)17-12-10-14(6-2)9-11-16-7-3;1-2/h4-11H,3H2,1-2H3;2,5,7-9,11,14H,4,10,12H2,1,3H3,(H,17,18);1-2H3/b;8-5-,11-9-,16-7?;. The summed E-state index contributed by atoms with van der Waals surface area (Å²) >= 11 is 1.76. The summed E-state index contributed by atoms with van der Waals surface area (Å²) in [6.45, 7) is 16.1. The van der Waals surface area contributed by atoms with Gasteiger partial charge in [0.1, 0.15) is 5.82 Å². The van der Waals surface area contributed by atoms with Gasteiger partial charge in [0.25, 0.3) is 5.91 Å². The molecule has 0 fully saturated rings. The topological polar surface area (TPSA) is 53.8 Å². The molecule has 0 bridgehead atoms. The van der Waals surface area contributed by atoms with Crippen molar-refractivity contribution in [3.05, 3.63) is 113 Å². The van der Waals surface area contributed by atoms with Gasteiger partial charge in [-0.3, -0.25) is 14.8 Å². The van der Waals surface area contributed by atoms with E-state index in [-0.39, 0.29) is 17.6 Å². The fraction of sp³-hybridized carbons (Fsp3) is 0.286. The first-order chi connectivity index (χ1) is 19.8. The summed E-state index contributed by atoms with van der Waals surface area (Å²) in [5.74, 6) is 2.23. The number of nitrogens with zero attached hydrogens (tertiary/aromatic N) is 2. The smallest absolute Gasteiger partial charge is 0.250 e. The van der Waals surface area contributed by atoms with E-state index < -0.39 is 0 Å². The highest BCUT2D eigenvalue weighted by Gasteiger charge is 2.17. The summed E-state index contributed by atoms with van der Waals surface area (Å²) in [5.41, 5.74) is 4.52. The lowest BCUT2D eigenvalue weighted by atomic mass is 10.0. The predicted molar refractivity (Wildman–Crippen MR) is 176 cm³/mol. The molecule has 1 unspecified atom stereocenters. The number of halogens is 1. The maximum absolute atomic E-state index is 13.2. The second kappa shape index (κ2) is 20.0. The normalized spacial score (nSPS) is 13.3. The van der Waals surface area contributed by atoms with Gasteiger partial charge in [-0.05, 0) is 63.9 Å². The van der Waals surface area contributed by atoms with Crippen molar-refractivity contribution in [1.82, 2.24) is 5.32 Å². The lowest BCUT2D eigenvalue weighted by Gasteiger charge is -2.09. The van der Waals surface area contributed by atoms with E-state index in [1.54, 1.807) is 48.5 Å². The highest BCUT2D eigenvalue weighted by molar-refractivity contribution is 8.03. The average Bonchev–Trinajstić information content (AvgIpc) is 3.13. The van der Waals surface area contributed by atoms with Crippen molar-refractivity contribution in [3.8, 4) is 12.3 Å². The van der Waals surface area contributed by atoms with E-state index in [1.807, 2.05) is 45.9 Å². The number of rotatable bonds is 9. The van der Waals surface area contributed by atoms with E-state index in [0.29, 0.717) is 18.5 Å². The van der Waals surface area contributed by atoms with Crippen molar-refractivity contribution in [1.29, 1.82) is 0 Å². The minimum absolute atomic E-state index is 0.0241. The lowest BCUT2D eigenvalue weighted by molar-refractivity contribution is -0.117. The SMILES string of the molecule is C#CC(/C=C\N=CC)CCNC(=O)C(=C)/C=C\C.CC.CCC1=C(C)Sc2ccccc2C(c2ccc(F)cc2)=N1. The first kappa shape index (κ1) is 35.1. The van der Waals surface area contributed by atoms with Crippen LogP contribution in [0.2, 0.25) is 0 Å². The van der Waals surface area contributed by atoms with Crippen LogP contribution in [0, 0.1) is 24.1 Å². The first-order valence-electron chi connectivity index (χ1n) is 13.9. The van der Waals surface area contributed by atoms with E-state index in [1.165, 1.54) is 21.9 Å². The van der Waals surface area contributed by atoms with Crippen LogP contribution in [-0.2, 0) is 4.79 Å². The van der Waals surface area contributed by atoms with Gasteiger partial charge in [-0.1, -0.05) is 81.5 Å². The molecule has 1 N–H and O–H groups in total. The molecule has 0 radical (unpaired) electrons. The molecule has 1 heterocycles. The number of aliphatic imine (C=N–C) groups is 2.